The van der Waals surface area contributed by atoms with Gasteiger partial charge in [0.05, 0.1) is 36.1 Å². The third-order valence-electron chi connectivity index (χ3n) is 4.98. The van der Waals surface area contributed by atoms with E-state index in [2.05, 4.69) is 15.8 Å². The third kappa shape index (κ3) is 6.66. The fourth-order valence-electron chi connectivity index (χ4n) is 3.03. The van der Waals surface area contributed by atoms with E-state index in [-0.39, 0.29) is 22.7 Å². The molecule has 12 heteroatoms. The van der Waals surface area contributed by atoms with Gasteiger partial charge in [-0.15, -0.1) is 0 Å². The number of benzene rings is 3. The normalized spacial score (nSPS) is 10.7. The first kappa shape index (κ1) is 26.3. The van der Waals surface area contributed by atoms with Crippen molar-refractivity contribution in [3.63, 3.8) is 0 Å². The van der Waals surface area contributed by atoms with Gasteiger partial charge in [0, 0.05) is 17.7 Å². The Bertz CT molecular complexity index is 1370. The minimum absolute atomic E-state index is 0.0997. The van der Waals surface area contributed by atoms with E-state index in [9.17, 15) is 24.5 Å². The van der Waals surface area contributed by atoms with Crippen molar-refractivity contribution in [1.29, 1.82) is 0 Å². The van der Waals surface area contributed by atoms with Crippen molar-refractivity contribution in [1.82, 2.24) is 5.43 Å². The molecule has 3 aromatic rings. The van der Waals surface area contributed by atoms with Gasteiger partial charge in [0.1, 0.15) is 5.75 Å². The van der Waals surface area contributed by atoms with Crippen LogP contribution in [0.1, 0.15) is 22.8 Å². The van der Waals surface area contributed by atoms with E-state index >= 15 is 0 Å². The minimum Gasteiger partial charge on any atom is -0.495 e. The first-order valence-corrected chi connectivity index (χ1v) is 10.7. The van der Waals surface area contributed by atoms with Crippen LogP contribution >= 0.6 is 0 Å². The summed E-state index contributed by atoms with van der Waals surface area (Å²) >= 11 is 0. The van der Waals surface area contributed by atoms with Crippen LogP contribution in [0.15, 0.2) is 71.8 Å². The molecule has 3 rings (SSSR count). The third-order valence-corrected chi connectivity index (χ3v) is 4.98. The van der Waals surface area contributed by atoms with E-state index in [0.29, 0.717) is 22.7 Å². The number of non-ortho nitro benzene ring substituents is 1. The highest BCUT2D eigenvalue weighted by atomic mass is 16.6. The molecule has 12 nitrogen and oxygen atoms in total. The lowest BCUT2D eigenvalue weighted by atomic mass is 10.1. The van der Waals surface area contributed by atoms with Crippen LogP contribution in [0.5, 0.6) is 17.2 Å². The van der Waals surface area contributed by atoms with Crippen molar-refractivity contribution in [3.8, 4) is 17.2 Å². The number of hydrazone groups is 1. The predicted octanol–water partition coefficient (Wildman–Crippen LogP) is 3.31. The number of amides is 2. The molecule has 0 atom stereocenters. The molecule has 3 aromatic carbocycles. The number of rotatable bonds is 8. The molecular formula is C25H22N4O8. The number of hydrogen-bond donors (Lipinski definition) is 2. The van der Waals surface area contributed by atoms with E-state index in [1.165, 1.54) is 50.6 Å². The van der Waals surface area contributed by atoms with Crippen LogP contribution in [-0.4, -0.2) is 42.6 Å². The second-order valence-electron chi connectivity index (χ2n) is 7.35. The maximum atomic E-state index is 12.4. The summed E-state index contributed by atoms with van der Waals surface area (Å²) in [5.41, 5.74) is 3.32. The SMILES string of the molecule is COc1ccccc1NC(=O)C(=O)N/N=C(\C)c1ccc(OC(=O)c2ccc([N+](=O)[O-])cc2)c(OC)c1. The fourth-order valence-corrected chi connectivity index (χ4v) is 3.03. The van der Waals surface area contributed by atoms with E-state index in [4.69, 9.17) is 14.2 Å². The Hall–Kier alpha value is -5.26. The van der Waals surface area contributed by atoms with E-state index in [1.54, 1.807) is 37.3 Å². The van der Waals surface area contributed by atoms with Gasteiger partial charge in [-0.3, -0.25) is 19.7 Å². The number of ether oxygens (including phenoxy) is 3. The van der Waals surface area contributed by atoms with Gasteiger partial charge < -0.3 is 19.5 Å². The molecule has 0 aliphatic heterocycles. The van der Waals surface area contributed by atoms with Crippen LogP contribution in [0.4, 0.5) is 11.4 Å². The first-order valence-electron chi connectivity index (χ1n) is 10.7. The monoisotopic (exact) mass is 506 g/mol. The largest absolute Gasteiger partial charge is 0.495 e. The van der Waals surface area contributed by atoms with Crippen LogP contribution in [0, 0.1) is 10.1 Å². The average molecular weight is 506 g/mol. The molecule has 0 heterocycles. The summed E-state index contributed by atoms with van der Waals surface area (Å²) in [6, 6.07) is 16.1. The summed E-state index contributed by atoms with van der Waals surface area (Å²) < 4.78 is 15.8. The zero-order valence-electron chi connectivity index (χ0n) is 20.0. The number of methoxy groups -OCH3 is 2. The van der Waals surface area contributed by atoms with E-state index < -0.39 is 22.7 Å². The van der Waals surface area contributed by atoms with Crippen molar-refractivity contribution in [2.75, 3.05) is 19.5 Å². The Morgan fingerprint density at radius 1 is 0.838 bits per heavy atom. The molecule has 0 unspecified atom stereocenters. The number of esters is 1. The number of anilines is 1. The molecule has 0 aliphatic rings. The summed E-state index contributed by atoms with van der Waals surface area (Å²) in [4.78, 5) is 47.0. The van der Waals surface area contributed by atoms with Crippen molar-refractivity contribution in [3.05, 3.63) is 88.0 Å². The number of nitrogens with one attached hydrogen (secondary N) is 2. The number of carbonyl (C=O) groups is 3. The van der Waals surface area contributed by atoms with Gasteiger partial charge in [-0.05, 0) is 49.4 Å². The zero-order chi connectivity index (χ0) is 26.9. The highest BCUT2D eigenvalue weighted by Gasteiger charge is 2.17. The van der Waals surface area contributed by atoms with Crippen LogP contribution in [0.3, 0.4) is 0 Å². The maximum Gasteiger partial charge on any atom is 0.343 e. The summed E-state index contributed by atoms with van der Waals surface area (Å²) in [5.74, 6) is -1.98. The molecule has 0 radical (unpaired) electrons. The molecule has 37 heavy (non-hydrogen) atoms. The second kappa shape index (κ2) is 11.9. The van der Waals surface area contributed by atoms with Gasteiger partial charge >= 0.3 is 17.8 Å². The standard InChI is InChI=1S/C25H22N4O8/c1-15(27-28-24(31)23(30)26-19-6-4-5-7-20(19)35-2)17-10-13-21(22(14-17)36-3)37-25(32)16-8-11-18(12-9-16)29(33)34/h4-14H,1-3H3,(H,26,30)(H,28,31)/b27-15+. The van der Waals surface area contributed by atoms with Gasteiger partial charge in [0.25, 0.3) is 5.69 Å². The number of nitro groups is 1. The quantitative estimate of drug-likeness (QED) is 0.118. The Labute approximate surface area is 211 Å². The molecule has 0 saturated carbocycles. The number of nitro benzene ring substituents is 1. The Kier molecular flexibility index (Phi) is 8.49. The highest BCUT2D eigenvalue weighted by Crippen LogP contribution is 2.29. The molecule has 2 N–H and O–H groups in total. The maximum absolute atomic E-state index is 12.4. The lowest BCUT2D eigenvalue weighted by Crippen LogP contribution is -2.33. The summed E-state index contributed by atoms with van der Waals surface area (Å²) in [6.45, 7) is 1.59. The number of carbonyl (C=O) groups excluding carboxylic acids is 3. The van der Waals surface area contributed by atoms with Crippen molar-refractivity contribution in [2.45, 2.75) is 6.92 Å². The van der Waals surface area contributed by atoms with Gasteiger partial charge in [0.15, 0.2) is 11.5 Å². The summed E-state index contributed by atoms with van der Waals surface area (Å²) in [7, 11) is 2.81. The summed E-state index contributed by atoms with van der Waals surface area (Å²) in [6.07, 6.45) is 0. The predicted molar refractivity (Wildman–Crippen MR) is 133 cm³/mol. The molecule has 0 aliphatic carbocycles. The molecule has 0 bridgehead atoms. The van der Waals surface area contributed by atoms with E-state index in [1.807, 2.05) is 0 Å². The zero-order valence-corrected chi connectivity index (χ0v) is 20.0. The molecule has 2 amide bonds. The lowest BCUT2D eigenvalue weighted by molar-refractivity contribution is -0.384. The van der Waals surface area contributed by atoms with Crippen LogP contribution < -0.4 is 25.0 Å². The van der Waals surface area contributed by atoms with Crippen LogP contribution in [0.25, 0.3) is 0 Å². The van der Waals surface area contributed by atoms with E-state index in [0.717, 1.165) is 0 Å². The van der Waals surface area contributed by atoms with Crippen molar-refractivity contribution in [2.24, 2.45) is 5.10 Å². The number of para-hydroxylation sites is 2. The smallest absolute Gasteiger partial charge is 0.343 e. The minimum atomic E-state index is -0.995. The Morgan fingerprint density at radius 2 is 1.49 bits per heavy atom. The fraction of sp³-hybridized carbons (Fsp3) is 0.120. The van der Waals surface area contributed by atoms with Crippen LogP contribution in [0.2, 0.25) is 0 Å². The Morgan fingerprint density at radius 3 is 2.14 bits per heavy atom. The van der Waals surface area contributed by atoms with Gasteiger partial charge in [-0.25, -0.2) is 10.2 Å². The molecule has 0 fully saturated rings. The number of hydrogen-bond acceptors (Lipinski definition) is 9. The first-order chi connectivity index (χ1) is 17.7. The van der Waals surface area contributed by atoms with Gasteiger partial charge in [-0.1, -0.05) is 12.1 Å². The molecule has 0 saturated heterocycles. The molecule has 0 aromatic heterocycles. The molecular weight excluding hydrogens is 484 g/mol. The van der Waals surface area contributed by atoms with Gasteiger partial charge in [-0.2, -0.15) is 5.10 Å². The highest BCUT2D eigenvalue weighted by molar-refractivity contribution is 6.39. The van der Waals surface area contributed by atoms with Crippen molar-refractivity contribution >= 4 is 34.9 Å². The van der Waals surface area contributed by atoms with Crippen LogP contribution in [-0.2, 0) is 9.59 Å². The topological polar surface area (TPSA) is 158 Å². The van der Waals surface area contributed by atoms with Crippen molar-refractivity contribution < 1.29 is 33.5 Å². The second-order valence-corrected chi connectivity index (χ2v) is 7.35. The average Bonchev–Trinajstić information content (AvgIpc) is 2.91. The summed E-state index contributed by atoms with van der Waals surface area (Å²) in [5, 5.41) is 17.2. The molecule has 190 valence electrons. The van der Waals surface area contributed by atoms with Gasteiger partial charge in [0.2, 0.25) is 0 Å². The molecule has 0 spiro atoms. The lowest BCUT2D eigenvalue weighted by Gasteiger charge is -2.11. The Balaban J connectivity index is 1.67. The number of nitrogens with zero attached hydrogens (tertiary/aromatic N) is 2.